The minimum Gasteiger partial charge on any atom is -0.481 e. The number of rotatable bonds is 8. The minimum absolute atomic E-state index is 0.0390. The summed E-state index contributed by atoms with van der Waals surface area (Å²) in [6, 6.07) is 13.4. The van der Waals surface area contributed by atoms with E-state index in [2.05, 4.69) is 0 Å². The number of carboxylic acid groups (broad SMARTS) is 1. The summed E-state index contributed by atoms with van der Waals surface area (Å²) in [6.45, 7) is 5.17. The van der Waals surface area contributed by atoms with Crippen molar-refractivity contribution < 1.29 is 24.3 Å². The average Bonchev–Trinajstić information content (AvgIpc) is 3.73. The quantitative estimate of drug-likeness (QED) is 0.376. The van der Waals surface area contributed by atoms with E-state index in [0.29, 0.717) is 10.0 Å². The monoisotopic (exact) mass is 599 g/mol. The number of likely N-dealkylation sites (N-methyl/N-ethyl adjacent to an activating group) is 1. The predicted molar refractivity (Wildman–Crippen MR) is 156 cm³/mol. The summed E-state index contributed by atoms with van der Waals surface area (Å²) < 4.78 is 0. The number of hydrogen-bond donors (Lipinski definition) is 1. The maximum absolute atomic E-state index is 14.6. The van der Waals surface area contributed by atoms with Crippen LogP contribution in [-0.4, -0.2) is 68.8 Å². The molecule has 2 aromatic carbocycles. The third kappa shape index (κ3) is 5.32. The second kappa shape index (κ2) is 10.6. The molecule has 0 aromatic heterocycles. The molecule has 0 unspecified atom stereocenters. The molecule has 10 heteroatoms. The largest absolute Gasteiger partial charge is 0.481 e. The van der Waals surface area contributed by atoms with Gasteiger partial charge in [-0.05, 0) is 74.4 Å². The first kappa shape index (κ1) is 29.4. The lowest BCUT2D eigenvalue weighted by Crippen LogP contribution is -2.59. The molecule has 0 bridgehead atoms. The molecule has 0 spiro atoms. The highest BCUT2D eigenvalue weighted by molar-refractivity contribution is 6.30. The van der Waals surface area contributed by atoms with Gasteiger partial charge in [0.2, 0.25) is 5.91 Å². The first-order valence-corrected chi connectivity index (χ1v) is 14.7. The van der Waals surface area contributed by atoms with Gasteiger partial charge < -0.3 is 14.9 Å². The summed E-state index contributed by atoms with van der Waals surface area (Å²) in [6.07, 6.45) is 1.63. The van der Waals surface area contributed by atoms with Crippen LogP contribution in [0.1, 0.15) is 69.5 Å². The number of carboxylic acids is 1. The highest BCUT2D eigenvalue weighted by Crippen LogP contribution is 2.54. The van der Waals surface area contributed by atoms with Gasteiger partial charge in [-0.2, -0.15) is 0 Å². The maximum Gasteiger partial charge on any atom is 0.327 e. The molecule has 3 aliphatic rings. The van der Waals surface area contributed by atoms with Crippen molar-refractivity contribution in [2.45, 2.75) is 70.0 Å². The molecule has 5 rings (SSSR count). The number of imide groups is 1. The van der Waals surface area contributed by atoms with Gasteiger partial charge in [0, 0.05) is 23.0 Å². The zero-order chi connectivity index (χ0) is 29.9. The molecular weight excluding hydrogens is 565 g/mol. The second-order valence-corrected chi connectivity index (χ2v) is 13.3. The molecule has 0 radical (unpaired) electrons. The van der Waals surface area contributed by atoms with E-state index in [0.717, 1.165) is 24.0 Å². The Bertz CT molecular complexity index is 1390. The molecule has 2 aliphatic heterocycles. The Morgan fingerprint density at radius 1 is 0.976 bits per heavy atom. The highest BCUT2D eigenvalue weighted by atomic mass is 35.5. The topological polar surface area (TPSA) is 98.2 Å². The van der Waals surface area contributed by atoms with E-state index in [9.17, 15) is 24.3 Å². The van der Waals surface area contributed by atoms with Crippen LogP contribution in [0.25, 0.3) is 0 Å². The zero-order valence-corrected chi connectivity index (χ0v) is 25.2. The lowest BCUT2D eigenvalue weighted by Gasteiger charge is -2.52. The molecule has 2 heterocycles. The number of aliphatic carboxylic acids is 1. The molecule has 4 atom stereocenters. The van der Waals surface area contributed by atoms with E-state index >= 15 is 0 Å². The van der Waals surface area contributed by atoms with Crippen LogP contribution in [0.2, 0.25) is 10.0 Å². The van der Waals surface area contributed by atoms with Gasteiger partial charge in [-0.15, -0.1) is 0 Å². The third-order valence-electron chi connectivity index (χ3n) is 9.15. The number of benzene rings is 2. The molecule has 41 heavy (non-hydrogen) atoms. The highest BCUT2D eigenvalue weighted by Gasteiger charge is 2.57. The van der Waals surface area contributed by atoms with Gasteiger partial charge in [0.25, 0.3) is 5.91 Å². The molecule has 218 valence electrons. The van der Waals surface area contributed by atoms with Crippen LogP contribution in [0, 0.1) is 11.3 Å². The Labute approximate surface area is 250 Å². The fourth-order valence-electron chi connectivity index (χ4n) is 6.52. The standard InChI is InChI=1S/C31H35Cl2N3O5/c1-30(2)27(39)35(29(41)34(30)4)17-24(18-8-9-18)36-26(19-10-12-21(32)13-11-19)23(20-6-5-7-22(33)14-20)15-31(3,28(36)40)16-25(37)38/h5-7,10-14,18,23-24,26H,8-9,15-17H2,1-4H3,(H,37,38)/t23-,24-,26-,31+/m1/s1. The fraction of sp³-hybridized carbons (Fsp3) is 0.484. The molecule has 1 aliphatic carbocycles. The summed E-state index contributed by atoms with van der Waals surface area (Å²) in [5.41, 5.74) is -0.500. The Hall–Kier alpha value is -3.10. The Morgan fingerprint density at radius 3 is 2.17 bits per heavy atom. The van der Waals surface area contributed by atoms with Crippen molar-refractivity contribution in [3.05, 3.63) is 69.7 Å². The predicted octanol–water partition coefficient (Wildman–Crippen LogP) is 5.98. The molecule has 1 N–H and O–H groups in total. The third-order valence-corrected chi connectivity index (χ3v) is 9.64. The number of halogens is 2. The van der Waals surface area contributed by atoms with Gasteiger partial charge in [0.1, 0.15) is 5.54 Å². The molecule has 1 saturated carbocycles. The van der Waals surface area contributed by atoms with Crippen LogP contribution in [0.5, 0.6) is 0 Å². The SMILES string of the molecule is CN1C(=O)N(C[C@H](C2CC2)N2C(=O)[C@](C)(CC(=O)O)C[C@H](c3cccc(Cl)c3)[C@H]2c2ccc(Cl)cc2)C(=O)C1(C)C. The molecular formula is C31H35Cl2N3O5. The van der Waals surface area contributed by atoms with Crippen LogP contribution < -0.4 is 0 Å². The van der Waals surface area contributed by atoms with E-state index in [1.165, 1.54) is 9.80 Å². The van der Waals surface area contributed by atoms with Gasteiger partial charge in [0.15, 0.2) is 0 Å². The van der Waals surface area contributed by atoms with Gasteiger partial charge >= 0.3 is 12.0 Å². The lowest BCUT2D eigenvalue weighted by molar-refractivity contribution is -0.161. The van der Waals surface area contributed by atoms with Crippen LogP contribution in [0.3, 0.4) is 0 Å². The van der Waals surface area contributed by atoms with Gasteiger partial charge in [0.05, 0.1) is 30.5 Å². The number of urea groups is 1. The van der Waals surface area contributed by atoms with Crippen molar-refractivity contribution in [3.63, 3.8) is 0 Å². The van der Waals surface area contributed by atoms with Crippen LogP contribution in [-0.2, 0) is 14.4 Å². The molecule has 4 amide bonds. The summed E-state index contributed by atoms with van der Waals surface area (Å²) in [5.74, 6) is -1.91. The van der Waals surface area contributed by atoms with Crippen molar-refractivity contribution in [2.24, 2.45) is 11.3 Å². The fourth-order valence-corrected chi connectivity index (χ4v) is 6.84. The number of nitrogens with zero attached hydrogens (tertiary/aromatic N) is 3. The molecule has 3 fully saturated rings. The van der Waals surface area contributed by atoms with Gasteiger partial charge in [-0.25, -0.2) is 4.79 Å². The average molecular weight is 601 g/mol. The number of piperidine rings is 1. The Morgan fingerprint density at radius 2 is 1.63 bits per heavy atom. The number of carbonyl (C=O) groups excluding carboxylic acids is 3. The smallest absolute Gasteiger partial charge is 0.327 e. The lowest BCUT2D eigenvalue weighted by atomic mass is 9.67. The van der Waals surface area contributed by atoms with Crippen molar-refractivity contribution in [1.29, 1.82) is 0 Å². The van der Waals surface area contributed by atoms with Crippen molar-refractivity contribution >= 4 is 47.0 Å². The summed E-state index contributed by atoms with van der Waals surface area (Å²) in [7, 11) is 1.61. The minimum atomic E-state index is -1.22. The van der Waals surface area contributed by atoms with E-state index in [1.54, 1.807) is 50.9 Å². The number of carbonyl (C=O) groups is 4. The molecule has 8 nitrogen and oxygen atoms in total. The number of amides is 4. The van der Waals surface area contributed by atoms with Gasteiger partial charge in [-0.3, -0.25) is 19.3 Å². The Balaban J connectivity index is 1.67. The van der Waals surface area contributed by atoms with Crippen LogP contribution in [0.15, 0.2) is 48.5 Å². The van der Waals surface area contributed by atoms with Gasteiger partial charge in [-0.1, -0.05) is 54.4 Å². The maximum atomic E-state index is 14.6. The summed E-state index contributed by atoms with van der Waals surface area (Å²) >= 11 is 12.7. The van der Waals surface area contributed by atoms with E-state index in [4.69, 9.17) is 23.2 Å². The second-order valence-electron chi connectivity index (χ2n) is 12.4. The zero-order valence-electron chi connectivity index (χ0n) is 23.6. The van der Waals surface area contributed by atoms with Crippen LogP contribution in [0.4, 0.5) is 4.79 Å². The van der Waals surface area contributed by atoms with E-state index in [1.807, 2.05) is 30.3 Å². The van der Waals surface area contributed by atoms with Crippen molar-refractivity contribution in [2.75, 3.05) is 13.6 Å². The normalized spacial score (nSPS) is 27.0. The first-order chi connectivity index (χ1) is 19.2. The number of hydrogen-bond acceptors (Lipinski definition) is 4. The summed E-state index contributed by atoms with van der Waals surface area (Å²) in [5, 5.41) is 11.0. The van der Waals surface area contributed by atoms with Crippen molar-refractivity contribution in [1.82, 2.24) is 14.7 Å². The van der Waals surface area contributed by atoms with Crippen LogP contribution >= 0.6 is 23.2 Å². The molecule has 2 aromatic rings. The van der Waals surface area contributed by atoms with E-state index in [-0.39, 0.29) is 43.0 Å². The number of likely N-dealkylation sites (tertiary alicyclic amines) is 1. The Kier molecular flexibility index (Phi) is 7.62. The van der Waals surface area contributed by atoms with Crippen molar-refractivity contribution in [3.8, 4) is 0 Å². The first-order valence-electron chi connectivity index (χ1n) is 13.9. The van der Waals surface area contributed by atoms with E-state index < -0.39 is 35.0 Å². The molecule has 2 saturated heterocycles. The summed E-state index contributed by atoms with van der Waals surface area (Å²) in [4.78, 5) is 57.9.